The molecule has 4 rings (SSSR count). The van der Waals surface area contributed by atoms with E-state index in [2.05, 4.69) is 12.2 Å². The van der Waals surface area contributed by atoms with Crippen LogP contribution in [0.4, 0.5) is 18.9 Å². The third kappa shape index (κ3) is 4.95. The summed E-state index contributed by atoms with van der Waals surface area (Å²) in [6.45, 7) is 2.64. The molecule has 0 aliphatic heterocycles. The molecule has 1 aromatic carbocycles. The van der Waals surface area contributed by atoms with Crippen LogP contribution in [-0.2, 0) is 17.5 Å². The third-order valence-electron chi connectivity index (χ3n) is 5.49. The second-order valence-electron chi connectivity index (χ2n) is 8.00. The lowest BCUT2D eigenvalue weighted by Gasteiger charge is -2.21. The Balaban J connectivity index is 1.42. The highest BCUT2D eigenvalue weighted by Crippen LogP contribution is 2.47. The second-order valence-corrected chi connectivity index (χ2v) is 8.43. The van der Waals surface area contributed by atoms with E-state index in [0.29, 0.717) is 18.4 Å². The Hall–Kier alpha value is -1.99. The number of hydrogen-bond acceptors (Lipinski definition) is 3. The van der Waals surface area contributed by atoms with Crippen molar-refractivity contribution in [3.63, 3.8) is 0 Å². The number of anilines is 1. The average molecular weight is 427 g/mol. The summed E-state index contributed by atoms with van der Waals surface area (Å²) >= 11 is 5.69. The van der Waals surface area contributed by atoms with Gasteiger partial charge in [0.2, 0.25) is 5.91 Å². The lowest BCUT2D eigenvalue weighted by Crippen LogP contribution is -2.34. The van der Waals surface area contributed by atoms with Crippen molar-refractivity contribution in [1.29, 1.82) is 0 Å². The predicted octanol–water partition coefficient (Wildman–Crippen LogP) is 5.68. The van der Waals surface area contributed by atoms with Crippen LogP contribution < -0.4 is 5.32 Å². The molecule has 0 radical (unpaired) electrons. The second kappa shape index (κ2) is 7.69. The number of amides is 1. The zero-order valence-electron chi connectivity index (χ0n) is 15.9. The van der Waals surface area contributed by atoms with E-state index in [9.17, 15) is 18.0 Å². The molecule has 0 unspecified atom stereocenters. The first-order valence-corrected chi connectivity index (χ1v) is 10.1. The van der Waals surface area contributed by atoms with E-state index < -0.39 is 17.6 Å². The van der Waals surface area contributed by atoms with Gasteiger partial charge in [0.05, 0.1) is 24.3 Å². The SMILES string of the molecule is C[C@@H]1C[C@H]1c1ccc(CN(CC(=O)Nc2ccc(Cl)cc2C(F)(F)F)C2CC2)o1. The minimum atomic E-state index is -4.60. The molecular weight excluding hydrogens is 405 g/mol. The van der Waals surface area contributed by atoms with Gasteiger partial charge in [-0.2, -0.15) is 13.2 Å². The van der Waals surface area contributed by atoms with Crippen LogP contribution in [0.1, 0.15) is 49.2 Å². The van der Waals surface area contributed by atoms with Gasteiger partial charge < -0.3 is 9.73 Å². The first-order valence-electron chi connectivity index (χ1n) is 9.70. The van der Waals surface area contributed by atoms with Crippen LogP contribution in [0.2, 0.25) is 5.02 Å². The number of benzene rings is 1. The summed E-state index contributed by atoms with van der Waals surface area (Å²) in [5.41, 5.74) is -1.24. The van der Waals surface area contributed by atoms with Gasteiger partial charge in [-0.3, -0.25) is 9.69 Å². The first-order chi connectivity index (χ1) is 13.7. The number of alkyl halides is 3. The highest BCUT2D eigenvalue weighted by molar-refractivity contribution is 6.30. The maximum absolute atomic E-state index is 13.2. The van der Waals surface area contributed by atoms with Gasteiger partial charge in [-0.1, -0.05) is 18.5 Å². The average Bonchev–Trinajstić information content (AvgIpc) is 3.55. The Morgan fingerprint density at radius 3 is 2.62 bits per heavy atom. The number of nitrogens with zero attached hydrogens (tertiary/aromatic N) is 1. The number of carbonyl (C=O) groups excluding carboxylic acids is 1. The van der Waals surface area contributed by atoms with Crippen molar-refractivity contribution in [2.75, 3.05) is 11.9 Å². The maximum atomic E-state index is 13.2. The number of rotatable bonds is 7. The van der Waals surface area contributed by atoms with Crippen molar-refractivity contribution in [3.05, 3.63) is 52.4 Å². The normalized spacial score (nSPS) is 21.4. The van der Waals surface area contributed by atoms with Gasteiger partial charge in [0, 0.05) is 17.0 Å². The van der Waals surface area contributed by atoms with Gasteiger partial charge in [-0.25, -0.2) is 0 Å². The lowest BCUT2D eigenvalue weighted by atomic mass is 10.1. The Labute approximate surface area is 172 Å². The van der Waals surface area contributed by atoms with Gasteiger partial charge >= 0.3 is 6.18 Å². The van der Waals surface area contributed by atoms with Crippen molar-refractivity contribution < 1.29 is 22.4 Å². The van der Waals surface area contributed by atoms with Crippen LogP contribution in [0.15, 0.2) is 34.7 Å². The molecule has 2 atom stereocenters. The molecule has 0 bridgehead atoms. The fraction of sp³-hybridized carbons (Fsp3) is 0.476. The molecule has 29 heavy (non-hydrogen) atoms. The molecule has 1 heterocycles. The van der Waals surface area contributed by atoms with Gasteiger partial charge in [0.25, 0.3) is 0 Å². The summed E-state index contributed by atoms with van der Waals surface area (Å²) in [4.78, 5) is 14.4. The molecule has 2 aliphatic carbocycles. The van der Waals surface area contributed by atoms with Gasteiger partial charge in [0.1, 0.15) is 11.5 Å². The molecule has 2 saturated carbocycles. The predicted molar refractivity (Wildman–Crippen MR) is 104 cm³/mol. The van der Waals surface area contributed by atoms with Gasteiger partial charge in [-0.15, -0.1) is 0 Å². The van der Waals surface area contributed by atoms with Gasteiger partial charge in [0.15, 0.2) is 0 Å². The Morgan fingerprint density at radius 1 is 1.28 bits per heavy atom. The monoisotopic (exact) mass is 426 g/mol. The fourth-order valence-electron chi connectivity index (χ4n) is 3.59. The molecule has 1 amide bonds. The highest BCUT2D eigenvalue weighted by atomic mass is 35.5. The zero-order chi connectivity index (χ0) is 20.8. The summed E-state index contributed by atoms with van der Waals surface area (Å²) in [7, 11) is 0. The van der Waals surface area contributed by atoms with Crippen LogP contribution in [0.25, 0.3) is 0 Å². The minimum Gasteiger partial charge on any atom is -0.464 e. The summed E-state index contributed by atoms with van der Waals surface area (Å²) in [5.74, 6) is 2.38. The minimum absolute atomic E-state index is 0.000451. The van der Waals surface area contributed by atoms with E-state index in [1.807, 2.05) is 17.0 Å². The van der Waals surface area contributed by atoms with E-state index in [1.54, 1.807) is 0 Å². The van der Waals surface area contributed by atoms with Crippen LogP contribution in [0.3, 0.4) is 0 Å². The zero-order valence-corrected chi connectivity index (χ0v) is 16.7. The maximum Gasteiger partial charge on any atom is 0.418 e. The summed E-state index contributed by atoms with van der Waals surface area (Å²) < 4.78 is 45.6. The molecule has 1 aromatic heterocycles. The molecule has 2 fully saturated rings. The van der Waals surface area contributed by atoms with Crippen molar-refractivity contribution in [3.8, 4) is 0 Å². The van der Waals surface area contributed by atoms with E-state index in [4.69, 9.17) is 16.0 Å². The molecule has 0 spiro atoms. The molecule has 8 heteroatoms. The molecule has 1 N–H and O–H groups in total. The van der Waals surface area contributed by atoms with Crippen LogP contribution in [-0.4, -0.2) is 23.4 Å². The van der Waals surface area contributed by atoms with Crippen LogP contribution in [0.5, 0.6) is 0 Å². The molecule has 156 valence electrons. The molecular formula is C21H22ClF3N2O2. The summed E-state index contributed by atoms with van der Waals surface area (Å²) in [5, 5.41) is 2.36. The third-order valence-corrected chi connectivity index (χ3v) is 5.72. The van der Waals surface area contributed by atoms with E-state index >= 15 is 0 Å². The Kier molecular flexibility index (Phi) is 5.38. The summed E-state index contributed by atoms with van der Waals surface area (Å²) in [6, 6.07) is 7.49. The van der Waals surface area contributed by atoms with Crippen molar-refractivity contribution in [2.24, 2.45) is 5.92 Å². The van der Waals surface area contributed by atoms with E-state index in [0.717, 1.165) is 36.8 Å². The number of hydrogen-bond donors (Lipinski definition) is 1. The Bertz CT molecular complexity index is 908. The van der Waals surface area contributed by atoms with Gasteiger partial charge in [-0.05, 0) is 55.5 Å². The Morgan fingerprint density at radius 2 is 2.00 bits per heavy atom. The number of carbonyl (C=O) groups is 1. The number of nitrogens with one attached hydrogen (secondary N) is 1. The molecule has 2 aromatic rings. The van der Waals surface area contributed by atoms with E-state index in [1.165, 1.54) is 12.1 Å². The van der Waals surface area contributed by atoms with Crippen LogP contribution in [0, 0.1) is 5.92 Å². The standard InChI is InChI=1S/C21H22ClF3N2O2/c1-12-8-16(12)19-7-5-15(29-19)10-27(14-3-4-14)11-20(28)26-18-6-2-13(22)9-17(18)21(23,24)25/h2,5-7,9,12,14,16H,3-4,8,10-11H2,1H3,(H,26,28)/t12-,16-/m1/s1. The quantitative estimate of drug-likeness (QED) is 0.619. The van der Waals surface area contributed by atoms with Crippen molar-refractivity contribution in [1.82, 2.24) is 4.90 Å². The van der Waals surface area contributed by atoms with Crippen LogP contribution >= 0.6 is 11.6 Å². The van der Waals surface area contributed by atoms with Crippen molar-refractivity contribution >= 4 is 23.2 Å². The lowest BCUT2D eigenvalue weighted by molar-refractivity contribution is -0.137. The van der Waals surface area contributed by atoms with Crippen molar-refractivity contribution in [2.45, 2.75) is 50.9 Å². The largest absolute Gasteiger partial charge is 0.464 e. The van der Waals surface area contributed by atoms with E-state index in [-0.39, 0.29) is 23.3 Å². The smallest absolute Gasteiger partial charge is 0.418 e. The molecule has 0 saturated heterocycles. The topological polar surface area (TPSA) is 45.5 Å². The fourth-order valence-corrected chi connectivity index (χ4v) is 3.76. The first kappa shape index (κ1) is 20.3. The molecule has 4 nitrogen and oxygen atoms in total. The highest BCUT2D eigenvalue weighted by Gasteiger charge is 2.37. The number of furan rings is 1. The number of halogens is 4. The molecule has 2 aliphatic rings. The summed E-state index contributed by atoms with van der Waals surface area (Å²) in [6.07, 6.45) is -1.54.